The van der Waals surface area contributed by atoms with Crippen molar-refractivity contribution in [3.63, 3.8) is 0 Å². The number of anilines is 2. The number of fused-ring (bicyclic) bond motifs is 1. The highest BCUT2D eigenvalue weighted by molar-refractivity contribution is 5.94. The van der Waals surface area contributed by atoms with Crippen LogP contribution in [-0.2, 0) is 0 Å². The van der Waals surface area contributed by atoms with Crippen LogP contribution >= 0.6 is 0 Å². The fourth-order valence-corrected chi connectivity index (χ4v) is 4.06. The van der Waals surface area contributed by atoms with E-state index < -0.39 is 6.04 Å². The molecule has 2 aromatic carbocycles. The minimum absolute atomic E-state index is 0.0200. The Bertz CT molecular complexity index is 1710. The standard InChI is InChI=1S/C26H21N9O2/c1-15(31-23-17(12-27)13-29-26(28)33-23)24-32-20-10-6-9-19(16-11-21(37-2)34-30-14-16)22(20)25(36)35(24)18-7-4-3-5-8-18/h3-11,13-15H,1-2H3,(H3,28,29,31,33)/t15-/m1/s1. The highest BCUT2D eigenvalue weighted by Crippen LogP contribution is 2.29. The molecule has 37 heavy (non-hydrogen) atoms. The molecule has 0 saturated heterocycles. The van der Waals surface area contributed by atoms with Gasteiger partial charge < -0.3 is 15.8 Å². The van der Waals surface area contributed by atoms with Crippen molar-refractivity contribution in [3.8, 4) is 28.8 Å². The van der Waals surface area contributed by atoms with E-state index in [4.69, 9.17) is 15.5 Å². The summed E-state index contributed by atoms with van der Waals surface area (Å²) in [5.41, 5.74) is 8.15. The smallest absolute Gasteiger partial charge is 0.266 e. The number of hydrogen-bond donors (Lipinski definition) is 2. The molecule has 0 unspecified atom stereocenters. The number of nitrogen functional groups attached to an aromatic ring is 1. The average molecular weight is 492 g/mol. The Morgan fingerprint density at radius 2 is 1.92 bits per heavy atom. The molecule has 0 aliphatic heterocycles. The fourth-order valence-electron chi connectivity index (χ4n) is 4.06. The van der Waals surface area contributed by atoms with Crippen molar-refractivity contribution < 1.29 is 4.74 Å². The van der Waals surface area contributed by atoms with Crippen LogP contribution in [0.3, 0.4) is 0 Å². The van der Waals surface area contributed by atoms with Crippen molar-refractivity contribution in [1.29, 1.82) is 5.26 Å². The molecule has 3 aromatic heterocycles. The number of nitriles is 1. The monoisotopic (exact) mass is 491 g/mol. The number of methoxy groups -OCH3 is 1. The molecule has 3 heterocycles. The second kappa shape index (κ2) is 9.71. The van der Waals surface area contributed by atoms with E-state index in [1.807, 2.05) is 55.5 Å². The molecule has 0 bridgehead atoms. The molecule has 3 N–H and O–H groups in total. The third kappa shape index (κ3) is 4.39. The van der Waals surface area contributed by atoms with Crippen molar-refractivity contribution in [2.75, 3.05) is 18.2 Å². The van der Waals surface area contributed by atoms with Gasteiger partial charge >= 0.3 is 0 Å². The minimum atomic E-state index is -0.537. The Balaban J connectivity index is 1.74. The van der Waals surface area contributed by atoms with Crippen LogP contribution in [0.4, 0.5) is 11.8 Å². The number of nitrogens with two attached hydrogens (primary N) is 1. The van der Waals surface area contributed by atoms with Crippen LogP contribution < -0.4 is 21.3 Å². The number of benzene rings is 2. The van der Waals surface area contributed by atoms with E-state index in [0.717, 1.165) is 0 Å². The zero-order valence-corrected chi connectivity index (χ0v) is 20.0. The van der Waals surface area contributed by atoms with Gasteiger partial charge in [-0.25, -0.2) is 9.97 Å². The Morgan fingerprint density at radius 3 is 2.68 bits per heavy atom. The van der Waals surface area contributed by atoms with E-state index in [2.05, 4.69) is 25.5 Å². The molecule has 0 aliphatic rings. The number of ether oxygens (including phenoxy) is 1. The number of para-hydroxylation sites is 1. The molecule has 11 heteroatoms. The molecule has 1 atom stereocenters. The number of hydrogen-bond acceptors (Lipinski definition) is 10. The van der Waals surface area contributed by atoms with E-state index in [9.17, 15) is 10.1 Å². The van der Waals surface area contributed by atoms with Gasteiger partial charge in [0.05, 0.1) is 42.1 Å². The minimum Gasteiger partial charge on any atom is -0.480 e. The highest BCUT2D eigenvalue weighted by atomic mass is 16.5. The van der Waals surface area contributed by atoms with Crippen molar-refractivity contribution in [3.05, 3.63) is 88.7 Å². The van der Waals surface area contributed by atoms with Crippen molar-refractivity contribution in [1.82, 2.24) is 29.7 Å². The molecular weight excluding hydrogens is 470 g/mol. The topological polar surface area (TPSA) is 158 Å². The van der Waals surface area contributed by atoms with Crippen molar-refractivity contribution >= 4 is 22.7 Å². The average Bonchev–Trinajstić information content (AvgIpc) is 2.93. The van der Waals surface area contributed by atoms with Crippen LogP contribution in [0.1, 0.15) is 24.4 Å². The summed E-state index contributed by atoms with van der Waals surface area (Å²) in [7, 11) is 1.50. The molecular formula is C26H21N9O2. The molecule has 0 saturated carbocycles. The Hall–Kier alpha value is -5.37. The van der Waals surface area contributed by atoms with Gasteiger partial charge in [-0.15, -0.1) is 5.10 Å². The first-order valence-electron chi connectivity index (χ1n) is 11.3. The number of rotatable bonds is 6. The van der Waals surface area contributed by atoms with Gasteiger partial charge in [-0.2, -0.15) is 15.3 Å². The molecule has 5 aromatic rings. The summed E-state index contributed by atoms with van der Waals surface area (Å²) in [6, 6.07) is 17.9. The van der Waals surface area contributed by atoms with Crippen molar-refractivity contribution in [2.24, 2.45) is 0 Å². The van der Waals surface area contributed by atoms with Crippen LogP contribution in [0, 0.1) is 11.3 Å². The largest absolute Gasteiger partial charge is 0.480 e. The summed E-state index contributed by atoms with van der Waals surface area (Å²) in [4.78, 5) is 27.1. The first kappa shape index (κ1) is 23.4. The third-order valence-corrected chi connectivity index (χ3v) is 5.76. The van der Waals surface area contributed by atoms with Gasteiger partial charge in [0.15, 0.2) is 0 Å². The molecule has 0 spiro atoms. The third-order valence-electron chi connectivity index (χ3n) is 5.76. The van der Waals surface area contributed by atoms with Crippen LogP contribution in [0.25, 0.3) is 27.7 Å². The lowest BCUT2D eigenvalue weighted by atomic mass is 10.0. The lowest BCUT2D eigenvalue weighted by Gasteiger charge is -2.21. The van der Waals surface area contributed by atoms with Gasteiger partial charge in [0, 0.05) is 11.6 Å². The van der Waals surface area contributed by atoms with Crippen LogP contribution in [-0.4, -0.2) is 36.8 Å². The fraction of sp³-hybridized carbons (Fsp3) is 0.115. The van der Waals surface area contributed by atoms with Gasteiger partial charge in [-0.05, 0) is 30.7 Å². The molecule has 0 amide bonds. The maximum absolute atomic E-state index is 14.2. The molecule has 0 fully saturated rings. The first-order chi connectivity index (χ1) is 18.0. The van der Waals surface area contributed by atoms with Crippen LogP contribution in [0.15, 0.2) is 71.8 Å². The number of aromatic nitrogens is 6. The normalized spacial score (nSPS) is 11.6. The second-order valence-electron chi connectivity index (χ2n) is 8.10. The number of nitrogens with zero attached hydrogens (tertiary/aromatic N) is 7. The SMILES string of the molecule is COc1cc(-c2cccc3nc([C@@H](C)Nc4nc(N)ncc4C#N)n(-c4ccccc4)c(=O)c23)cnn1. The number of nitrogens with one attached hydrogen (secondary N) is 1. The molecule has 5 rings (SSSR count). The molecule has 0 aliphatic carbocycles. The second-order valence-corrected chi connectivity index (χ2v) is 8.10. The zero-order chi connectivity index (χ0) is 25.9. The van der Waals surface area contributed by atoms with Gasteiger partial charge in [-0.1, -0.05) is 30.3 Å². The summed E-state index contributed by atoms with van der Waals surface area (Å²) in [5, 5.41) is 21.0. The lowest BCUT2D eigenvalue weighted by molar-refractivity contribution is 0.392. The molecule has 0 radical (unpaired) electrons. The van der Waals surface area contributed by atoms with Gasteiger partial charge in [0.2, 0.25) is 11.8 Å². The van der Waals surface area contributed by atoms with E-state index >= 15 is 0 Å². The summed E-state index contributed by atoms with van der Waals surface area (Å²) >= 11 is 0. The van der Waals surface area contributed by atoms with Crippen LogP contribution in [0.2, 0.25) is 0 Å². The van der Waals surface area contributed by atoms with Crippen molar-refractivity contribution in [2.45, 2.75) is 13.0 Å². The zero-order valence-electron chi connectivity index (χ0n) is 20.0. The van der Waals surface area contributed by atoms with Crippen LogP contribution in [0.5, 0.6) is 5.88 Å². The van der Waals surface area contributed by atoms with E-state index in [-0.39, 0.29) is 22.9 Å². The van der Waals surface area contributed by atoms with E-state index in [1.165, 1.54) is 13.3 Å². The predicted octanol–water partition coefficient (Wildman–Crippen LogP) is 3.27. The van der Waals surface area contributed by atoms with Gasteiger partial charge in [-0.3, -0.25) is 9.36 Å². The Morgan fingerprint density at radius 1 is 1.11 bits per heavy atom. The predicted molar refractivity (Wildman–Crippen MR) is 138 cm³/mol. The van der Waals surface area contributed by atoms with Gasteiger partial charge in [0.1, 0.15) is 23.3 Å². The summed E-state index contributed by atoms with van der Waals surface area (Å²) < 4.78 is 6.77. The van der Waals surface area contributed by atoms with E-state index in [0.29, 0.717) is 39.4 Å². The quantitative estimate of drug-likeness (QED) is 0.361. The van der Waals surface area contributed by atoms with Gasteiger partial charge in [0.25, 0.3) is 5.56 Å². The first-order valence-corrected chi connectivity index (χ1v) is 11.3. The lowest BCUT2D eigenvalue weighted by Crippen LogP contribution is -2.28. The maximum Gasteiger partial charge on any atom is 0.266 e. The Labute approximate surface area is 211 Å². The molecule has 182 valence electrons. The molecule has 11 nitrogen and oxygen atoms in total. The highest BCUT2D eigenvalue weighted by Gasteiger charge is 2.21. The Kier molecular flexibility index (Phi) is 6.13. The summed E-state index contributed by atoms with van der Waals surface area (Å²) in [5.74, 6) is 1.02. The van der Waals surface area contributed by atoms with E-state index in [1.54, 1.807) is 22.9 Å². The summed E-state index contributed by atoms with van der Waals surface area (Å²) in [6.45, 7) is 1.83. The summed E-state index contributed by atoms with van der Waals surface area (Å²) in [6.07, 6.45) is 2.92. The maximum atomic E-state index is 14.2.